The Morgan fingerprint density at radius 2 is 2.36 bits per heavy atom. The summed E-state index contributed by atoms with van der Waals surface area (Å²) in [5.41, 5.74) is 2.09. The summed E-state index contributed by atoms with van der Waals surface area (Å²) in [5.74, 6) is 0.304. The van der Waals surface area contributed by atoms with E-state index in [1.807, 2.05) is 6.92 Å². The van der Waals surface area contributed by atoms with Crippen LogP contribution in [0.15, 0.2) is 18.2 Å². The van der Waals surface area contributed by atoms with Gasteiger partial charge in [0.25, 0.3) is 0 Å². The minimum absolute atomic E-state index is 0.522. The van der Waals surface area contributed by atoms with Crippen LogP contribution in [0.25, 0.3) is 11.4 Å². The molecule has 3 N–H and O–H groups in total. The van der Waals surface area contributed by atoms with Crippen molar-refractivity contribution >= 4 is 17.6 Å². The van der Waals surface area contributed by atoms with Gasteiger partial charge < -0.3 is 14.8 Å². The number of carboxylic acids is 1. The first kappa shape index (κ1) is 14.9. The van der Waals surface area contributed by atoms with Crippen LogP contribution in [0.4, 0.5) is 0 Å². The molecule has 1 atom stereocenters. The van der Waals surface area contributed by atoms with Crippen LogP contribution in [0, 0.1) is 0 Å². The number of benzene rings is 1. The summed E-state index contributed by atoms with van der Waals surface area (Å²) in [4.78, 5) is 19.0. The molecule has 1 aliphatic heterocycles. The zero-order chi connectivity index (χ0) is 15.7. The second kappa shape index (κ2) is 5.98. The van der Waals surface area contributed by atoms with Crippen LogP contribution in [0.2, 0.25) is 5.02 Å². The van der Waals surface area contributed by atoms with Gasteiger partial charge in [0.15, 0.2) is 6.04 Å². The highest BCUT2D eigenvalue weighted by atomic mass is 35.5. The Bertz CT molecular complexity index is 714. The lowest BCUT2D eigenvalue weighted by atomic mass is 10.1. The average molecular weight is 322 g/mol. The van der Waals surface area contributed by atoms with E-state index in [2.05, 4.69) is 15.3 Å². The Morgan fingerprint density at radius 3 is 3.09 bits per heavy atom. The maximum absolute atomic E-state index is 11.3. The van der Waals surface area contributed by atoms with E-state index in [4.69, 9.17) is 16.3 Å². The van der Waals surface area contributed by atoms with Gasteiger partial charge in [0.05, 0.1) is 17.9 Å². The van der Waals surface area contributed by atoms with E-state index in [1.165, 1.54) is 0 Å². The maximum Gasteiger partial charge on any atom is 0.327 e. The molecular formula is C15H16ClN3O3. The third kappa shape index (κ3) is 2.67. The largest absolute Gasteiger partial charge is 0.493 e. The molecule has 0 saturated carbocycles. The summed E-state index contributed by atoms with van der Waals surface area (Å²) in [6.45, 7) is 3.02. The molecule has 1 aromatic heterocycles. The number of ether oxygens (including phenoxy) is 1. The molecular weight excluding hydrogens is 306 g/mol. The van der Waals surface area contributed by atoms with Gasteiger partial charge in [-0.3, -0.25) is 10.1 Å². The Labute approximate surface area is 132 Å². The number of rotatable bonds is 4. The summed E-state index contributed by atoms with van der Waals surface area (Å²) in [6, 6.07) is 4.51. The minimum atomic E-state index is -0.935. The fraction of sp³-hybridized carbons (Fsp3) is 0.333. The van der Waals surface area contributed by atoms with Gasteiger partial charge in [-0.05, 0) is 25.1 Å². The molecule has 0 spiro atoms. The first-order chi connectivity index (χ1) is 10.6. The van der Waals surface area contributed by atoms with Crippen LogP contribution in [0.1, 0.15) is 24.4 Å². The van der Waals surface area contributed by atoms with Crippen molar-refractivity contribution < 1.29 is 14.6 Å². The smallest absolute Gasteiger partial charge is 0.327 e. The summed E-state index contributed by atoms with van der Waals surface area (Å²) >= 11 is 6.07. The van der Waals surface area contributed by atoms with Gasteiger partial charge in [0, 0.05) is 23.7 Å². The van der Waals surface area contributed by atoms with Gasteiger partial charge >= 0.3 is 5.97 Å². The third-order valence-electron chi connectivity index (χ3n) is 3.55. The van der Waals surface area contributed by atoms with Gasteiger partial charge in [-0.25, -0.2) is 4.98 Å². The first-order valence-electron chi connectivity index (χ1n) is 7.07. The Kier molecular flexibility index (Phi) is 4.04. The molecule has 0 saturated heterocycles. The van der Waals surface area contributed by atoms with Crippen molar-refractivity contribution in [2.24, 2.45) is 0 Å². The molecule has 6 nitrogen and oxygen atoms in total. The van der Waals surface area contributed by atoms with Crippen LogP contribution in [0.5, 0.6) is 5.75 Å². The number of nitrogens with one attached hydrogen (secondary N) is 2. The van der Waals surface area contributed by atoms with Gasteiger partial charge in [0.1, 0.15) is 11.6 Å². The average Bonchev–Trinajstić information content (AvgIpc) is 2.92. The van der Waals surface area contributed by atoms with E-state index in [0.29, 0.717) is 41.9 Å². The summed E-state index contributed by atoms with van der Waals surface area (Å²) in [5, 5.41) is 12.8. The van der Waals surface area contributed by atoms with E-state index < -0.39 is 12.0 Å². The number of nitrogens with zero attached hydrogens (tertiary/aromatic N) is 1. The molecule has 2 aromatic rings. The quantitative estimate of drug-likeness (QED) is 0.805. The number of aromatic nitrogens is 2. The van der Waals surface area contributed by atoms with Gasteiger partial charge in [0.2, 0.25) is 0 Å². The van der Waals surface area contributed by atoms with Crippen molar-refractivity contribution in [3.63, 3.8) is 0 Å². The number of hydrogen-bond donors (Lipinski definition) is 3. The number of aliphatic carboxylic acids is 1. The molecule has 22 heavy (non-hydrogen) atoms. The van der Waals surface area contributed by atoms with Gasteiger partial charge in [-0.15, -0.1) is 0 Å². The molecule has 116 valence electrons. The van der Waals surface area contributed by atoms with Crippen LogP contribution in [0.3, 0.4) is 0 Å². The molecule has 3 rings (SSSR count). The number of carbonyl (C=O) groups is 1. The SMILES string of the molecule is CCOc1ccc(Cl)cc1-c1nc2c([nH]1)CCNC2C(=O)O. The number of fused-ring (bicyclic) bond motifs is 1. The topological polar surface area (TPSA) is 87.2 Å². The van der Waals surface area contributed by atoms with Gasteiger partial charge in [-0.2, -0.15) is 0 Å². The highest BCUT2D eigenvalue weighted by molar-refractivity contribution is 6.30. The third-order valence-corrected chi connectivity index (χ3v) is 3.79. The van der Waals surface area contributed by atoms with Crippen LogP contribution in [-0.2, 0) is 11.2 Å². The van der Waals surface area contributed by atoms with Crippen LogP contribution >= 0.6 is 11.6 Å². The highest BCUT2D eigenvalue weighted by Gasteiger charge is 2.30. The van der Waals surface area contributed by atoms with Crippen molar-refractivity contribution in [1.29, 1.82) is 0 Å². The normalized spacial score (nSPS) is 17.1. The maximum atomic E-state index is 11.3. The van der Waals surface area contributed by atoms with Crippen molar-refractivity contribution in [2.45, 2.75) is 19.4 Å². The second-order valence-corrected chi connectivity index (χ2v) is 5.43. The number of imidazole rings is 1. The Balaban J connectivity index is 2.07. The highest BCUT2D eigenvalue weighted by Crippen LogP contribution is 2.33. The van der Waals surface area contributed by atoms with E-state index in [-0.39, 0.29) is 0 Å². The van der Waals surface area contributed by atoms with E-state index >= 15 is 0 Å². The van der Waals surface area contributed by atoms with Crippen LogP contribution in [-0.4, -0.2) is 34.2 Å². The van der Waals surface area contributed by atoms with E-state index in [1.54, 1.807) is 18.2 Å². The summed E-state index contributed by atoms with van der Waals surface area (Å²) in [6.07, 6.45) is 0.705. The number of halogens is 1. The van der Waals surface area contributed by atoms with Gasteiger partial charge in [-0.1, -0.05) is 11.6 Å². The Hall–Kier alpha value is -2.05. The molecule has 0 amide bonds. The Morgan fingerprint density at radius 1 is 1.55 bits per heavy atom. The van der Waals surface area contributed by atoms with Crippen LogP contribution < -0.4 is 10.1 Å². The first-order valence-corrected chi connectivity index (χ1v) is 7.45. The van der Waals surface area contributed by atoms with Crippen molar-refractivity contribution in [3.05, 3.63) is 34.6 Å². The van der Waals surface area contributed by atoms with E-state index in [0.717, 1.165) is 11.3 Å². The fourth-order valence-corrected chi connectivity index (χ4v) is 2.76. The standard InChI is InChI=1S/C15H16ClN3O3/c1-2-22-11-4-3-8(16)7-9(11)14-18-10-5-6-17-13(15(20)21)12(10)19-14/h3-4,7,13,17H,2,5-6H2,1H3,(H,18,19)(H,20,21). The van der Waals surface area contributed by atoms with E-state index in [9.17, 15) is 9.90 Å². The lowest BCUT2D eigenvalue weighted by molar-refractivity contribution is -0.139. The molecule has 0 bridgehead atoms. The van der Waals surface area contributed by atoms with Crippen molar-refractivity contribution in [2.75, 3.05) is 13.2 Å². The zero-order valence-corrected chi connectivity index (χ0v) is 12.8. The molecule has 1 aliphatic rings. The second-order valence-electron chi connectivity index (χ2n) is 5.00. The molecule has 1 unspecified atom stereocenters. The summed E-state index contributed by atoms with van der Waals surface area (Å²) < 4.78 is 5.60. The van der Waals surface area contributed by atoms with Crippen molar-refractivity contribution in [3.8, 4) is 17.1 Å². The number of carboxylic acid groups (broad SMARTS) is 1. The van der Waals surface area contributed by atoms with Crippen molar-refractivity contribution in [1.82, 2.24) is 15.3 Å². The minimum Gasteiger partial charge on any atom is -0.493 e. The summed E-state index contributed by atoms with van der Waals surface area (Å²) in [7, 11) is 0. The fourth-order valence-electron chi connectivity index (χ4n) is 2.59. The predicted molar refractivity (Wildman–Crippen MR) is 82.3 cm³/mol. The molecule has 0 fully saturated rings. The number of H-pyrrole nitrogens is 1. The molecule has 0 radical (unpaired) electrons. The zero-order valence-electron chi connectivity index (χ0n) is 12.0. The lowest BCUT2D eigenvalue weighted by Crippen LogP contribution is -2.35. The number of hydrogen-bond acceptors (Lipinski definition) is 4. The number of aromatic amines is 1. The molecule has 2 heterocycles. The predicted octanol–water partition coefficient (Wildman–Crippen LogP) is 2.40. The molecule has 1 aromatic carbocycles. The molecule has 7 heteroatoms. The lowest BCUT2D eigenvalue weighted by Gasteiger charge is -2.18. The monoisotopic (exact) mass is 321 g/mol. The molecule has 0 aliphatic carbocycles.